The number of pyridine rings is 1. The van der Waals surface area contributed by atoms with E-state index < -0.39 is 5.97 Å². The fraction of sp³-hybridized carbons (Fsp3) is 0. The van der Waals surface area contributed by atoms with Crippen LogP contribution < -0.4 is 5.32 Å². The van der Waals surface area contributed by atoms with Crippen molar-refractivity contribution in [2.45, 2.75) is 0 Å². The molecule has 0 amide bonds. The van der Waals surface area contributed by atoms with Crippen LogP contribution in [0.5, 0.6) is 5.75 Å². The molecular formula is C12H10N2O3. The second-order valence-corrected chi connectivity index (χ2v) is 3.41. The number of carboxylic acid groups (broad SMARTS) is 1. The summed E-state index contributed by atoms with van der Waals surface area (Å²) in [5, 5.41) is 21.3. The maximum absolute atomic E-state index is 10.8. The van der Waals surface area contributed by atoms with Gasteiger partial charge in [0.25, 0.3) is 0 Å². The highest BCUT2D eigenvalue weighted by atomic mass is 16.4. The van der Waals surface area contributed by atoms with Crippen LogP contribution in [0.4, 0.5) is 11.4 Å². The van der Waals surface area contributed by atoms with E-state index in [4.69, 9.17) is 5.11 Å². The molecule has 0 saturated carbocycles. The molecule has 1 aromatic carbocycles. The van der Waals surface area contributed by atoms with E-state index in [1.807, 2.05) is 0 Å². The van der Waals surface area contributed by atoms with Gasteiger partial charge in [-0.2, -0.15) is 0 Å². The van der Waals surface area contributed by atoms with Crippen LogP contribution in [0.1, 0.15) is 10.4 Å². The Bertz CT molecular complexity index is 555. The minimum Gasteiger partial charge on any atom is -0.506 e. The van der Waals surface area contributed by atoms with Crippen molar-refractivity contribution < 1.29 is 15.0 Å². The molecule has 86 valence electrons. The first-order chi connectivity index (χ1) is 8.16. The molecule has 0 unspecified atom stereocenters. The van der Waals surface area contributed by atoms with Crippen molar-refractivity contribution in [3.05, 3.63) is 48.3 Å². The average Bonchev–Trinajstić information content (AvgIpc) is 2.32. The number of aromatic nitrogens is 1. The van der Waals surface area contributed by atoms with E-state index in [1.54, 1.807) is 18.2 Å². The highest BCUT2D eigenvalue weighted by Gasteiger charge is 2.05. The first kappa shape index (κ1) is 10.9. The Kier molecular flexibility index (Phi) is 2.91. The van der Waals surface area contributed by atoms with Crippen LogP contribution in [0.2, 0.25) is 0 Å². The molecule has 2 rings (SSSR count). The molecule has 0 aliphatic heterocycles. The number of para-hydroxylation sites is 2. The molecule has 17 heavy (non-hydrogen) atoms. The van der Waals surface area contributed by atoms with Gasteiger partial charge in [0, 0.05) is 6.20 Å². The van der Waals surface area contributed by atoms with Gasteiger partial charge in [0.15, 0.2) is 0 Å². The van der Waals surface area contributed by atoms with Crippen molar-refractivity contribution in [2.75, 3.05) is 5.32 Å². The van der Waals surface area contributed by atoms with Crippen LogP contribution in [0.15, 0.2) is 42.7 Å². The molecule has 1 heterocycles. The summed E-state index contributed by atoms with van der Waals surface area (Å²) in [5.74, 6) is -0.952. The molecular weight excluding hydrogens is 220 g/mol. The Morgan fingerprint density at radius 1 is 1.24 bits per heavy atom. The molecule has 0 radical (unpaired) electrons. The van der Waals surface area contributed by atoms with Gasteiger partial charge in [0.2, 0.25) is 0 Å². The Morgan fingerprint density at radius 3 is 2.71 bits per heavy atom. The summed E-state index contributed by atoms with van der Waals surface area (Å²) in [6, 6.07) is 8.13. The minimum absolute atomic E-state index is 0.0884. The standard InChI is InChI=1S/C12H10N2O3/c15-11-4-2-1-3-10(11)14-9-5-8(12(16)17)6-13-7-9/h1-7,14-15H,(H,16,17). The lowest BCUT2D eigenvalue weighted by molar-refractivity contribution is 0.0696. The molecule has 0 spiro atoms. The number of aromatic hydroxyl groups is 1. The van der Waals surface area contributed by atoms with Gasteiger partial charge in [-0.15, -0.1) is 0 Å². The largest absolute Gasteiger partial charge is 0.506 e. The fourth-order valence-electron chi connectivity index (χ4n) is 1.36. The first-order valence-electron chi connectivity index (χ1n) is 4.90. The van der Waals surface area contributed by atoms with E-state index in [0.717, 1.165) is 0 Å². The third kappa shape index (κ3) is 2.52. The number of nitrogens with zero attached hydrogens (tertiary/aromatic N) is 1. The summed E-state index contributed by atoms with van der Waals surface area (Å²) in [7, 11) is 0. The highest BCUT2D eigenvalue weighted by Crippen LogP contribution is 2.25. The van der Waals surface area contributed by atoms with E-state index in [2.05, 4.69) is 10.3 Å². The van der Waals surface area contributed by atoms with Crippen LogP contribution in [0, 0.1) is 0 Å². The Labute approximate surface area is 97.4 Å². The van der Waals surface area contributed by atoms with Crippen molar-refractivity contribution >= 4 is 17.3 Å². The maximum atomic E-state index is 10.8. The van der Waals surface area contributed by atoms with Crippen LogP contribution in [0.3, 0.4) is 0 Å². The summed E-state index contributed by atoms with van der Waals surface area (Å²) in [6.45, 7) is 0. The van der Waals surface area contributed by atoms with Crippen molar-refractivity contribution in [1.29, 1.82) is 0 Å². The van der Waals surface area contributed by atoms with Crippen LogP contribution >= 0.6 is 0 Å². The zero-order chi connectivity index (χ0) is 12.3. The van der Waals surface area contributed by atoms with Crippen LogP contribution in [0.25, 0.3) is 0 Å². The molecule has 0 atom stereocenters. The van der Waals surface area contributed by atoms with Gasteiger partial charge in [-0.3, -0.25) is 4.98 Å². The van der Waals surface area contributed by atoms with Crippen molar-refractivity contribution in [3.8, 4) is 5.75 Å². The second kappa shape index (κ2) is 4.52. The second-order valence-electron chi connectivity index (χ2n) is 3.41. The van der Waals surface area contributed by atoms with Crippen molar-refractivity contribution in [1.82, 2.24) is 4.98 Å². The molecule has 0 aliphatic rings. The Morgan fingerprint density at radius 2 is 2.00 bits per heavy atom. The summed E-state index contributed by atoms with van der Waals surface area (Å²) in [6.07, 6.45) is 2.75. The van der Waals surface area contributed by atoms with Gasteiger partial charge in [-0.05, 0) is 18.2 Å². The number of aromatic carboxylic acids is 1. The zero-order valence-corrected chi connectivity index (χ0v) is 8.79. The van der Waals surface area contributed by atoms with Crippen LogP contribution in [-0.4, -0.2) is 21.2 Å². The lowest BCUT2D eigenvalue weighted by Gasteiger charge is -2.07. The summed E-state index contributed by atoms with van der Waals surface area (Å²) >= 11 is 0. The summed E-state index contributed by atoms with van der Waals surface area (Å²) in [4.78, 5) is 14.6. The van der Waals surface area contributed by atoms with E-state index in [1.165, 1.54) is 24.5 Å². The number of phenols is 1. The molecule has 5 heteroatoms. The number of benzene rings is 1. The number of nitrogens with one attached hydrogen (secondary N) is 1. The summed E-state index contributed by atoms with van der Waals surface area (Å²) < 4.78 is 0. The van der Waals surface area contributed by atoms with E-state index in [9.17, 15) is 9.90 Å². The number of anilines is 2. The number of phenolic OH excluding ortho intramolecular Hbond substituents is 1. The van der Waals surface area contributed by atoms with Crippen molar-refractivity contribution in [2.24, 2.45) is 0 Å². The maximum Gasteiger partial charge on any atom is 0.337 e. The van der Waals surface area contributed by atoms with Gasteiger partial charge >= 0.3 is 5.97 Å². The SMILES string of the molecule is O=C(O)c1cncc(Nc2ccccc2O)c1. The minimum atomic E-state index is -1.04. The van der Waals surface area contributed by atoms with Gasteiger partial charge in [-0.1, -0.05) is 12.1 Å². The molecule has 2 aromatic rings. The highest BCUT2D eigenvalue weighted by molar-refractivity contribution is 5.88. The number of carboxylic acids is 1. The third-order valence-electron chi connectivity index (χ3n) is 2.17. The van der Waals surface area contributed by atoms with Crippen molar-refractivity contribution in [3.63, 3.8) is 0 Å². The molecule has 5 nitrogen and oxygen atoms in total. The third-order valence-corrected chi connectivity index (χ3v) is 2.17. The van der Waals surface area contributed by atoms with Gasteiger partial charge in [0.1, 0.15) is 5.75 Å². The van der Waals surface area contributed by atoms with E-state index in [0.29, 0.717) is 11.4 Å². The lowest BCUT2D eigenvalue weighted by Crippen LogP contribution is -1.99. The molecule has 0 bridgehead atoms. The Balaban J connectivity index is 2.28. The molecule has 0 fully saturated rings. The van der Waals surface area contributed by atoms with Gasteiger partial charge in [0.05, 0.1) is 23.1 Å². The smallest absolute Gasteiger partial charge is 0.337 e. The van der Waals surface area contributed by atoms with Crippen LogP contribution in [-0.2, 0) is 0 Å². The fourth-order valence-corrected chi connectivity index (χ4v) is 1.36. The topological polar surface area (TPSA) is 82.5 Å². The first-order valence-corrected chi connectivity index (χ1v) is 4.90. The zero-order valence-electron chi connectivity index (χ0n) is 8.79. The predicted octanol–water partition coefficient (Wildman–Crippen LogP) is 2.23. The van der Waals surface area contributed by atoms with Gasteiger partial charge < -0.3 is 15.5 Å². The number of hydrogen-bond acceptors (Lipinski definition) is 4. The molecule has 3 N–H and O–H groups in total. The average molecular weight is 230 g/mol. The predicted molar refractivity (Wildman–Crippen MR) is 62.6 cm³/mol. The quantitative estimate of drug-likeness (QED) is 0.704. The monoisotopic (exact) mass is 230 g/mol. The van der Waals surface area contributed by atoms with Gasteiger partial charge in [-0.25, -0.2) is 4.79 Å². The number of rotatable bonds is 3. The number of carbonyl (C=O) groups is 1. The van der Waals surface area contributed by atoms with E-state index in [-0.39, 0.29) is 11.3 Å². The Hall–Kier alpha value is -2.56. The molecule has 0 aliphatic carbocycles. The lowest BCUT2D eigenvalue weighted by atomic mass is 10.2. The van der Waals surface area contributed by atoms with E-state index >= 15 is 0 Å². The molecule has 1 aromatic heterocycles. The summed E-state index contributed by atoms with van der Waals surface area (Å²) in [5.41, 5.74) is 1.09. The molecule has 0 saturated heterocycles. The normalized spacial score (nSPS) is 9.88. The number of hydrogen-bond donors (Lipinski definition) is 3.